The van der Waals surface area contributed by atoms with Crippen LogP contribution in [0.2, 0.25) is 0 Å². The first kappa shape index (κ1) is 22.6. The summed E-state index contributed by atoms with van der Waals surface area (Å²) in [5.74, 6) is -0.878. The minimum Gasteiger partial charge on any atom is -0.486 e. The Labute approximate surface area is 181 Å². The summed E-state index contributed by atoms with van der Waals surface area (Å²) in [5.41, 5.74) is 1.72. The highest BCUT2D eigenvalue weighted by molar-refractivity contribution is 7.91. The molecule has 2 aromatic rings. The lowest BCUT2D eigenvalue weighted by molar-refractivity contribution is -0.152. The molecule has 0 aliphatic carbocycles. The van der Waals surface area contributed by atoms with Gasteiger partial charge in [-0.3, -0.25) is 9.59 Å². The van der Waals surface area contributed by atoms with Gasteiger partial charge >= 0.3 is 5.97 Å². The summed E-state index contributed by atoms with van der Waals surface area (Å²) in [5, 5.41) is 2.67. The molecule has 0 saturated heterocycles. The molecule has 31 heavy (non-hydrogen) atoms. The van der Waals surface area contributed by atoms with E-state index < -0.39 is 33.6 Å². The van der Waals surface area contributed by atoms with Gasteiger partial charge in [-0.1, -0.05) is 19.1 Å². The van der Waals surface area contributed by atoms with E-state index in [2.05, 4.69) is 5.32 Å². The Morgan fingerprint density at radius 2 is 1.74 bits per heavy atom. The van der Waals surface area contributed by atoms with Crippen molar-refractivity contribution < 1.29 is 32.2 Å². The number of anilines is 1. The fourth-order valence-electron chi connectivity index (χ4n) is 2.93. The van der Waals surface area contributed by atoms with Crippen molar-refractivity contribution in [1.29, 1.82) is 0 Å². The summed E-state index contributed by atoms with van der Waals surface area (Å²) in [4.78, 5) is 24.4. The largest absolute Gasteiger partial charge is 0.486 e. The van der Waals surface area contributed by atoms with Crippen molar-refractivity contribution in [3.63, 3.8) is 0 Å². The van der Waals surface area contributed by atoms with Crippen LogP contribution in [0.3, 0.4) is 0 Å². The smallest absolute Gasteiger partial charge is 0.307 e. The molecule has 166 valence electrons. The number of carbonyl (C=O) groups is 2. The molecule has 9 heteroatoms. The zero-order valence-corrected chi connectivity index (χ0v) is 18.2. The van der Waals surface area contributed by atoms with E-state index in [-0.39, 0.29) is 11.3 Å². The molecule has 3 rings (SSSR count). The summed E-state index contributed by atoms with van der Waals surface area (Å²) in [6, 6.07) is 11.7. The molecule has 1 unspecified atom stereocenters. The van der Waals surface area contributed by atoms with Gasteiger partial charge < -0.3 is 19.5 Å². The van der Waals surface area contributed by atoms with E-state index in [1.807, 2.05) is 19.1 Å². The Morgan fingerprint density at radius 1 is 1.06 bits per heavy atom. The molecule has 1 atom stereocenters. The van der Waals surface area contributed by atoms with Gasteiger partial charge in [-0.05, 0) is 43.2 Å². The van der Waals surface area contributed by atoms with E-state index >= 15 is 0 Å². The van der Waals surface area contributed by atoms with E-state index in [1.165, 1.54) is 25.1 Å². The van der Waals surface area contributed by atoms with Gasteiger partial charge in [0, 0.05) is 11.8 Å². The number of nitrogens with one attached hydrogen (secondary N) is 1. The number of amides is 1. The van der Waals surface area contributed by atoms with Crippen molar-refractivity contribution in [3.05, 3.63) is 48.0 Å². The molecule has 0 aromatic heterocycles. The number of sulfone groups is 1. The summed E-state index contributed by atoms with van der Waals surface area (Å²) >= 11 is 0. The van der Waals surface area contributed by atoms with Crippen LogP contribution in [-0.2, 0) is 30.6 Å². The summed E-state index contributed by atoms with van der Waals surface area (Å²) < 4.78 is 41.0. The maximum Gasteiger partial charge on any atom is 0.307 e. The molecule has 0 saturated carbocycles. The molecule has 1 amide bonds. The van der Waals surface area contributed by atoms with Gasteiger partial charge in [0.15, 0.2) is 27.4 Å². The highest BCUT2D eigenvalue weighted by atomic mass is 32.2. The van der Waals surface area contributed by atoms with Gasteiger partial charge in [-0.2, -0.15) is 0 Å². The number of fused-ring (bicyclic) bond motifs is 1. The van der Waals surface area contributed by atoms with Gasteiger partial charge in [0.05, 0.1) is 17.1 Å². The van der Waals surface area contributed by atoms with Crippen LogP contribution in [0.4, 0.5) is 5.69 Å². The van der Waals surface area contributed by atoms with E-state index in [0.717, 1.165) is 12.0 Å². The van der Waals surface area contributed by atoms with Crippen LogP contribution in [0, 0.1) is 0 Å². The Kier molecular flexibility index (Phi) is 7.17. The molecule has 0 bridgehead atoms. The predicted molar refractivity (Wildman–Crippen MR) is 114 cm³/mol. The molecule has 0 fully saturated rings. The average molecular weight is 448 g/mol. The molecule has 1 N–H and O–H groups in total. The monoisotopic (exact) mass is 447 g/mol. The minimum atomic E-state index is -3.74. The molecule has 8 nitrogen and oxygen atoms in total. The molecule has 1 heterocycles. The average Bonchev–Trinajstić information content (AvgIpc) is 2.78. The maximum absolute atomic E-state index is 12.6. The van der Waals surface area contributed by atoms with Crippen LogP contribution < -0.4 is 14.8 Å². The lowest BCUT2D eigenvalue weighted by atomic mass is 10.1. The van der Waals surface area contributed by atoms with Crippen molar-refractivity contribution in [3.8, 4) is 11.5 Å². The van der Waals surface area contributed by atoms with Crippen LogP contribution in [0.5, 0.6) is 11.5 Å². The topological polar surface area (TPSA) is 108 Å². The minimum absolute atomic E-state index is 0.0332. The lowest BCUT2D eigenvalue weighted by Crippen LogP contribution is -2.30. The van der Waals surface area contributed by atoms with Gasteiger partial charge in [0.25, 0.3) is 5.91 Å². The molecule has 1 aliphatic rings. The number of rotatable bonds is 8. The SMILES string of the molecule is CCc1ccc(NC(=O)C(C)OC(=O)CCS(=O)(=O)c2ccc3c(c2)OCCO3)cc1. The molecule has 0 spiro atoms. The Bertz CT molecular complexity index is 1050. The Morgan fingerprint density at radius 3 is 2.42 bits per heavy atom. The second-order valence-corrected chi connectivity index (χ2v) is 9.16. The number of hydrogen-bond donors (Lipinski definition) is 1. The Hall–Kier alpha value is -3.07. The summed E-state index contributed by atoms with van der Waals surface area (Å²) in [6.07, 6.45) is -0.549. The van der Waals surface area contributed by atoms with E-state index in [4.69, 9.17) is 14.2 Å². The normalized spacial score (nSPS) is 13.9. The van der Waals surface area contributed by atoms with Crippen molar-refractivity contribution in [2.24, 2.45) is 0 Å². The van der Waals surface area contributed by atoms with Crippen LogP contribution in [-0.4, -0.2) is 45.4 Å². The predicted octanol–water partition coefficient (Wildman–Crippen LogP) is 2.75. The van der Waals surface area contributed by atoms with Gasteiger partial charge in [0.2, 0.25) is 0 Å². The number of esters is 1. The number of ether oxygens (including phenoxy) is 3. The Balaban J connectivity index is 1.51. The third kappa shape index (κ3) is 5.97. The van der Waals surface area contributed by atoms with Crippen LogP contribution in [0.1, 0.15) is 25.8 Å². The number of carbonyl (C=O) groups excluding carboxylic acids is 2. The second kappa shape index (κ2) is 9.82. The maximum atomic E-state index is 12.6. The molecular formula is C22H25NO7S. The van der Waals surface area contributed by atoms with Gasteiger partial charge in [-0.25, -0.2) is 8.42 Å². The standard InChI is InChI=1S/C22H25NO7S/c1-3-16-4-6-17(7-5-16)23-22(25)15(2)30-21(24)10-13-31(26,27)18-8-9-19-20(14-18)29-12-11-28-19/h4-9,14-15H,3,10-13H2,1-2H3,(H,23,25). The zero-order chi connectivity index (χ0) is 22.4. The molecule has 1 aliphatic heterocycles. The number of benzene rings is 2. The quantitative estimate of drug-likeness (QED) is 0.620. The lowest BCUT2D eigenvalue weighted by Gasteiger charge is -2.18. The molecule has 2 aromatic carbocycles. The second-order valence-electron chi connectivity index (χ2n) is 7.05. The van der Waals surface area contributed by atoms with Crippen molar-refractivity contribution in [2.75, 3.05) is 24.3 Å². The van der Waals surface area contributed by atoms with Crippen molar-refractivity contribution >= 4 is 27.4 Å². The van der Waals surface area contributed by atoms with Gasteiger partial charge in [0.1, 0.15) is 13.2 Å². The first-order chi connectivity index (χ1) is 14.8. The number of hydrogen-bond acceptors (Lipinski definition) is 7. The first-order valence-corrected chi connectivity index (χ1v) is 11.7. The van der Waals surface area contributed by atoms with Crippen LogP contribution in [0.15, 0.2) is 47.4 Å². The van der Waals surface area contributed by atoms with Crippen molar-refractivity contribution in [2.45, 2.75) is 37.7 Å². The van der Waals surface area contributed by atoms with Crippen molar-refractivity contribution in [1.82, 2.24) is 0 Å². The highest BCUT2D eigenvalue weighted by Gasteiger charge is 2.23. The van der Waals surface area contributed by atoms with E-state index in [9.17, 15) is 18.0 Å². The molecule has 0 radical (unpaired) electrons. The van der Waals surface area contributed by atoms with Crippen LogP contribution >= 0.6 is 0 Å². The summed E-state index contributed by atoms with van der Waals surface area (Å²) in [6.45, 7) is 4.21. The van der Waals surface area contributed by atoms with E-state index in [0.29, 0.717) is 30.4 Å². The third-order valence-corrected chi connectivity index (χ3v) is 6.47. The highest BCUT2D eigenvalue weighted by Crippen LogP contribution is 2.32. The zero-order valence-electron chi connectivity index (χ0n) is 17.4. The van der Waals surface area contributed by atoms with Crippen LogP contribution in [0.25, 0.3) is 0 Å². The molecular weight excluding hydrogens is 422 g/mol. The number of aryl methyl sites for hydroxylation is 1. The van der Waals surface area contributed by atoms with Gasteiger partial charge in [-0.15, -0.1) is 0 Å². The third-order valence-electron chi connectivity index (χ3n) is 4.75. The first-order valence-electron chi connectivity index (χ1n) is 10.00. The summed E-state index contributed by atoms with van der Waals surface area (Å²) in [7, 11) is -3.74. The fourth-order valence-corrected chi connectivity index (χ4v) is 4.16. The fraction of sp³-hybridized carbons (Fsp3) is 0.364. The van der Waals surface area contributed by atoms with E-state index in [1.54, 1.807) is 12.1 Å².